The molecular weight excluding hydrogens is 566 g/mol. The number of alkyl carbamates (subject to hydrolysis) is 1. The lowest BCUT2D eigenvalue weighted by molar-refractivity contribution is -0.148. The number of nitrogens with zero attached hydrogens (tertiary/aromatic N) is 3. The quantitative estimate of drug-likeness (QED) is 0.477. The lowest BCUT2D eigenvalue weighted by Crippen LogP contribution is -2.59. The maximum absolute atomic E-state index is 14.4. The predicted molar refractivity (Wildman–Crippen MR) is 162 cm³/mol. The van der Waals surface area contributed by atoms with Crippen molar-refractivity contribution < 1.29 is 27.9 Å². The zero-order valence-corrected chi connectivity index (χ0v) is 26.6. The van der Waals surface area contributed by atoms with E-state index in [-0.39, 0.29) is 54.2 Å². The first kappa shape index (κ1) is 31.2. The van der Waals surface area contributed by atoms with E-state index < -0.39 is 29.7 Å². The fourth-order valence-electron chi connectivity index (χ4n) is 8.43. The molecule has 5 aliphatic rings. The Morgan fingerprint density at radius 2 is 1.70 bits per heavy atom. The van der Waals surface area contributed by atoms with Crippen LogP contribution in [0.5, 0.6) is 0 Å². The van der Waals surface area contributed by atoms with Gasteiger partial charge in [-0.05, 0) is 91.2 Å². The molecule has 6 atom stereocenters. The molecule has 8 nitrogen and oxygen atoms in total. The minimum absolute atomic E-state index is 0.00807. The van der Waals surface area contributed by atoms with Crippen molar-refractivity contribution in [2.24, 2.45) is 0 Å². The molecule has 242 valence electrons. The molecule has 5 fully saturated rings. The van der Waals surface area contributed by atoms with Gasteiger partial charge in [0, 0.05) is 49.0 Å². The first-order valence-corrected chi connectivity index (χ1v) is 16.5. The average molecular weight is 615 g/mol. The van der Waals surface area contributed by atoms with Crippen LogP contribution in [0.3, 0.4) is 0 Å². The molecule has 44 heavy (non-hydrogen) atoms. The summed E-state index contributed by atoms with van der Waals surface area (Å²) in [5, 5.41) is 2.82. The summed E-state index contributed by atoms with van der Waals surface area (Å²) >= 11 is 0. The summed E-state index contributed by atoms with van der Waals surface area (Å²) in [6.07, 6.45) is 5.21. The third-order valence-electron chi connectivity index (χ3n) is 10.9. The topological polar surface area (TPSA) is 82.2 Å². The van der Waals surface area contributed by atoms with E-state index in [0.717, 1.165) is 19.3 Å². The molecule has 2 saturated carbocycles. The summed E-state index contributed by atoms with van der Waals surface area (Å²) in [5.74, 6) is -2.62. The van der Waals surface area contributed by atoms with Crippen molar-refractivity contribution in [1.82, 2.24) is 20.0 Å². The van der Waals surface area contributed by atoms with Gasteiger partial charge >= 0.3 is 6.09 Å². The molecule has 0 bridgehead atoms. The summed E-state index contributed by atoms with van der Waals surface area (Å²) in [5.41, 5.74) is 0.376. The molecule has 0 aromatic heterocycles. The Bertz CT molecular complexity index is 1250. The van der Waals surface area contributed by atoms with Crippen molar-refractivity contribution in [3.8, 4) is 0 Å². The maximum atomic E-state index is 14.4. The van der Waals surface area contributed by atoms with Crippen LogP contribution in [0.2, 0.25) is 0 Å². The second kappa shape index (κ2) is 11.6. The number of alkyl halides is 2. The molecule has 3 aliphatic heterocycles. The van der Waals surface area contributed by atoms with Gasteiger partial charge in [0.2, 0.25) is 17.7 Å². The highest BCUT2D eigenvalue weighted by Gasteiger charge is 2.58. The largest absolute Gasteiger partial charge is 0.444 e. The molecular formula is C34H48F2N4O4. The van der Waals surface area contributed by atoms with Crippen LogP contribution in [0.4, 0.5) is 13.6 Å². The predicted octanol–water partition coefficient (Wildman–Crippen LogP) is 5.46. The van der Waals surface area contributed by atoms with Gasteiger partial charge in [0.1, 0.15) is 17.7 Å². The van der Waals surface area contributed by atoms with E-state index in [1.165, 1.54) is 5.56 Å². The minimum Gasteiger partial charge on any atom is -0.444 e. The van der Waals surface area contributed by atoms with Crippen molar-refractivity contribution in [3.05, 3.63) is 35.9 Å². The van der Waals surface area contributed by atoms with Crippen LogP contribution in [0.1, 0.15) is 103 Å². The van der Waals surface area contributed by atoms with Gasteiger partial charge in [-0.15, -0.1) is 0 Å². The Hall–Kier alpha value is -2.75. The lowest BCUT2D eigenvalue weighted by atomic mass is 9.92. The van der Waals surface area contributed by atoms with E-state index in [2.05, 4.69) is 27.2 Å². The second-order valence-electron chi connectivity index (χ2n) is 15.1. The summed E-state index contributed by atoms with van der Waals surface area (Å²) in [6.45, 7) is 5.96. The number of nitrogens with one attached hydrogen (secondary N) is 1. The van der Waals surface area contributed by atoms with E-state index in [1.54, 1.807) is 25.7 Å². The fraction of sp³-hybridized carbons (Fsp3) is 0.735. The highest BCUT2D eigenvalue weighted by atomic mass is 19.3. The van der Waals surface area contributed by atoms with Crippen LogP contribution in [0.25, 0.3) is 0 Å². The number of fused-ring (bicyclic) bond motifs is 1. The highest BCUT2D eigenvalue weighted by Crippen LogP contribution is 2.54. The standard InChI is InChI=1S/C34H48F2N4O4/c1-32(2,3)44-31(43)37-27-12-10-24(38(4)26-14-15-34(35,36)20-26)18-25-11-13-28(40(25)29(27)41)30(42)39-21-23(19-33(39)16-17-33)22-8-6-5-7-9-22/h5-9,23-28H,10-21H2,1-4H3,(H,37,43)/t23-,24+,25-,26+,27+,28+/m1/s1. The Kier molecular flexibility index (Phi) is 8.21. The maximum Gasteiger partial charge on any atom is 0.408 e. The van der Waals surface area contributed by atoms with Crippen molar-refractivity contribution >= 4 is 17.9 Å². The minimum atomic E-state index is -2.65. The van der Waals surface area contributed by atoms with Crippen LogP contribution in [0, 0.1) is 0 Å². The van der Waals surface area contributed by atoms with Crippen LogP contribution in [0.15, 0.2) is 30.3 Å². The number of benzene rings is 1. The van der Waals surface area contributed by atoms with Crippen LogP contribution >= 0.6 is 0 Å². The van der Waals surface area contributed by atoms with Crippen LogP contribution in [-0.4, -0.2) is 93.5 Å². The molecule has 2 aliphatic carbocycles. The molecule has 3 amide bonds. The number of rotatable bonds is 5. The number of hydrogen-bond acceptors (Lipinski definition) is 5. The van der Waals surface area contributed by atoms with Gasteiger partial charge in [-0.25, -0.2) is 13.6 Å². The van der Waals surface area contributed by atoms with Crippen molar-refractivity contribution in [1.29, 1.82) is 0 Å². The Morgan fingerprint density at radius 3 is 2.34 bits per heavy atom. The summed E-state index contributed by atoms with van der Waals surface area (Å²) in [6, 6.07) is 8.42. The first-order valence-electron chi connectivity index (χ1n) is 16.5. The van der Waals surface area contributed by atoms with E-state index in [0.29, 0.717) is 45.1 Å². The second-order valence-corrected chi connectivity index (χ2v) is 15.1. The molecule has 3 saturated heterocycles. The number of carbonyl (C=O) groups is 3. The van der Waals surface area contributed by atoms with Gasteiger partial charge in [0.15, 0.2) is 0 Å². The van der Waals surface area contributed by atoms with Gasteiger partial charge in [-0.1, -0.05) is 30.3 Å². The molecule has 0 radical (unpaired) electrons. The SMILES string of the molecule is CN([C@H]1CC[C@H](NC(=O)OC(C)(C)C)C(=O)N2[C@H](CC[C@H]2C(=O)N2C[C@H](c3ccccc3)CC23CC3)C1)[C@H]1CCC(F)(F)C1. The first-order chi connectivity index (χ1) is 20.8. The molecule has 1 aromatic rings. The van der Waals surface area contributed by atoms with Crippen molar-refractivity contribution in [3.63, 3.8) is 0 Å². The van der Waals surface area contributed by atoms with Gasteiger partial charge in [0.05, 0.1) is 0 Å². The third kappa shape index (κ3) is 6.33. The van der Waals surface area contributed by atoms with Crippen LogP contribution in [-0.2, 0) is 14.3 Å². The molecule has 6 rings (SSSR count). The highest BCUT2D eigenvalue weighted by molar-refractivity contribution is 5.93. The van der Waals surface area contributed by atoms with Crippen molar-refractivity contribution in [2.75, 3.05) is 13.6 Å². The fourth-order valence-corrected chi connectivity index (χ4v) is 8.43. The van der Waals surface area contributed by atoms with E-state index in [9.17, 15) is 23.2 Å². The van der Waals surface area contributed by atoms with Gasteiger partial charge in [0.25, 0.3) is 0 Å². The third-order valence-corrected chi connectivity index (χ3v) is 10.9. The monoisotopic (exact) mass is 614 g/mol. The number of halogens is 2. The van der Waals surface area contributed by atoms with Gasteiger partial charge < -0.3 is 24.8 Å². The van der Waals surface area contributed by atoms with Crippen LogP contribution < -0.4 is 5.32 Å². The van der Waals surface area contributed by atoms with Crippen molar-refractivity contribution in [2.45, 2.75) is 145 Å². The smallest absolute Gasteiger partial charge is 0.408 e. The number of amides is 3. The number of hydrogen-bond donors (Lipinski definition) is 1. The van der Waals surface area contributed by atoms with E-state index in [4.69, 9.17) is 4.74 Å². The van der Waals surface area contributed by atoms with Gasteiger partial charge in [-0.2, -0.15) is 0 Å². The zero-order chi connectivity index (χ0) is 31.4. The zero-order valence-electron chi connectivity index (χ0n) is 26.6. The summed E-state index contributed by atoms with van der Waals surface area (Å²) in [4.78, 5) is 47.5. The Balaban J connectivity index is 1.24. The molecule has 1 aromatic carbocycles. The summed E-state index contributed by atoms with van der Waals surface area (Å²) < 4.78 is 33.9. The Morgan fingerprint density at radius 1 is 0.977 bits per heavy atom. The molecule has 10 heteroatoms. The summed E-state index contributed by atoms with van der Waals surface area (Å²) in [7, 11) is 1.92. The molecule has 1 spiro atoms. The molecule has 1 N–H and O–H groups in total. The average Bonchev–Trinajstić information content (AvgIpc) is 3.26. The lowest BCUT2D eigenvalue weighted by Gasteiger charge is -2.42. The van der Waals surface area contributed by atoms with E-state index in [1.807, 2.05) is 25.2 Å². The van der Waals surface area contributed by atoms with E-state index >= 15 is 0 Å². The number of carbonyl (C=O) groups excluding carboxylic acids is 3. The number of ether oxygens (including phenoxy) is 1. The normalized spacial score (nSPS) is 32.8. The number of likely N-dealkylation sites (tertiary alicyclic amines) is 1. The molecule has 3 heterocycles. The molecule has 0 unspecified atom stereocenters. The van der Waals surface area contributed by atoms with Gasteiger partial charge in [-0.3, -0.25) is 9.59 Å². The Labute approximate surface area is 259 Å².